The van der Waals surface area contributed by atoms with Crippen molar-refractivity contribution >= 4 is 38.9 Å². The molecule has 2 amide bonds. The molecule has 9 heteroatoms. The van der Waals surface area contributed by atoms with E-state index in [9.17, 15) is 18.0 Å². The zero-order valence-corrected chi connectivity index (χ0v) is 18.1. The predicted molar refractivity (Wildman–Crippen MR) is 113 cm³/mol. The molecule has 2 aromatic rings. The van der Waals surface area contributed by atoms with Gasteiger partial charge in [0.2, 0.25) is 15.9 Å². The van der Waals surface area contributed by atoms with Crippen LogP contribution in [0.4, 0.5) is 5.69 Å². The normalized spacial score (nSPS) is 16.0. The van der Waals surface area contributed by atoms with Gasteiger partial charge in [-0.15, -0.1) is 11.3 Å². The molecule has 7 nitrogen and oxygen atoms in total. The number of carbonyl (C=O) groups is 2. The first-order chi connectivity index (χ1) is 13.8. The Morgan fingerprint density at radius 1 is 1.10 bits per heavy atom. The predicted octanol–water partition coefficient (Wildman–Crippen LogP) is 2.93. The third kappa shape index (κ3) is 5.04. The lowest BCUT2D eigenvalue weighted by atomic mass is 10.0. The number of hydrogen-bond acceptors (Lipinski definition) is 5. The zero-order chi connectivity index (χ0) is 21.0. The Balaban J connectivity index is 1.74. The van der Waals surface area contributed by atoms with Crippen molar-refractivity contribution in [3.63, 3.8) is 0 Å². The van der Waals surface area contributed by atoms with Crippen molar-refractivity contribution in [2.24, 2.45) is 5.92 Å². The lowest BCUT2D eigenvalue weighted by molar-refractivity contribution is -0.118. The van der Waals surface area contributed by atoms with Crippen LogP contribution in [0.2, 0.25) is 0 Å². The number of anilines is 1. The van der Waals surface area contributed by atoms with Gasteiger partial charge in [0.25, 0.3) is 5.91 Å². The van der Waals surface area contributed by atoms with Gasteiger partial charge in [0.15, 0.2) is 0 Å². The highest BCUT2D eigenvalue weighted by molar-refractivity contribution is 7.89. The number of nitrogens with one attached hydrogen (secondary N) is 2. The average molecular weight is 436 g/mol. The van der Waals surface area contributed by atoms with Gasteiger partial charge in [-0.3, -0.25) is 9.59 Å². The first-order valence-electron chi connectivity index (χ1n) is 9.54. The molecule has 156 valence electrons. The number of carbonyl (C=O) groups excluding carboxylic acids is 2. The molecule has 1 fully saturated rings. The molecular weight excluding hydrogens is 410 g/mol. The summed E-state index contributed by atoms with van der Waals surface area (Å²) in [5.74, 6) is -0.838. The van der Waals surface area contributed by atoms with Crippen molar-refractivity contribution in [2.75, 3.05) is 18.4 Å². The van der Waals surface area contributed by atoms with Crippen molar-refractivity contribution in [1.29, 1.82) is 0 Å². The largest absolute Gasteiger partial charge is 0.339 e. The topological polar surface area (TPSA) is 95.6 Å². The van der Waals surface area contributed by atoms with Gasteiger partial charge in [-0.05, 0) is 48.4 Å². The average Bonchev–Trinajstić information content (AvgIpc) is 3.39. The van der Waals surface area contributed by atoms with Crippen LogP contribution in [-0.2, 0) is 14.8 Å². The molecule has 29 heavy (non-hydrogen) atoms. The Hall–Kier alpha value is -2.23. The zero-order valence-electron chi connectivity index (χ0n) is 16.4. The van der Waals surface area contributed by atoms with Gasteiger partial charge in [0.1, 0.15) is 6.04 Å². The highest BCUT2D eigenvalue weighted by Gasteiger charge is 2.28. The van der Waals surface area contributed by atoms with Crippen molar-refractivity contribution < 1.29 is 18.0 Å². The molecular formula is C20H25N3O4S2. The fourth-order valence-electron chi connectivity index (χ4n) is 3.19. The molecule has 0 bridgehead atoms. The highest BCUT2D eigenvalue weighted by Crippen LogP contribution is 2.23. The molecule has 1 aliphatic rings. The number of sulfonamides is 1. The van der Waals surface area contributed by atoms with E-state index in [1.54, 1.807) is 29.6 Å². The van der Waals surface area contributed by atoms with Crippen molar-refractivity contribution in [3.05, 3.63) is 46.7 Å². The van der Waals surface area contributed by atoms with Crippen LogP contribution in [-0.4, -0.2) is 43.7 Å². The van der Waals surface area contributed by atoms with Crippen LogP contribution < -0.4 is 10.6 Å². The standard InChI is InChI=1S/C20H25N3O4S2/c1-14(2)18(22-19(24)17-9-6-12-28-17)20(25)21-15-7-5-8-16(13-15)29(26,27)23-10-3-4-11-23/h5-9,12-14,18H,3-4,10-11H2,1-2H3,(H,21,25)(H,22,24)/t18-/m1/s1. The van der Waals surface area contributed by atoms with E-state index in [1.165, 1.54) is 27.8 Å². The van der Waals surface area contributed by atoms with Gasteiger partial charge in [0.05, 0.1) is 9.77 Å². The Morgan fingerprint density at radius 2 is 1.83 bits per heavy atom. The Labute approximate surface area is 175 Å². The van der Waals surface area contributed by atoms with Gasteiger partial charge in [-0.2, -0.15) is 4.31 Å². The van der Waals surface area contributed by atoms with Crippen LogP contribution in [0.25, 0.3) is 0 Å². The third-order valence-corrected chi connectivity index (χ3v) is 7.55. The van der Waals surface area contributed by atoms with E-state index in [-0.39, 0.29) is 22.6 Å². The van der Waals surface area contributed by atoms with E-state index in [1.807, 2.05) is 13.8 Å². The molecule has 1 aromatic heterocycles. The molecule has 3 rings (SSSR count). The first-order valence-corrected chi connectivity index (χ1v) is 11.9. The number of hydrogen-bond donors (Lipinski definition) is 2. The molecule has 0 spiro atoms. The maximum Gasteiger partial charge on any atom is 0.262 e. The summed E-state index contributed by atoms with van der Waals surface area (Å²) in [6, 6.07) is 8.96. The van der Waals surface area contributed by atoms with Crippen LogP contribution in [0.5, 0.6) is 0 Å². The van der Waals surface area contributed by atoms with Gasteiger partial charge < -0.3 is 10.6 Å². The van der Waals surface area contributed by atoms with Gasteiger partial charge in [-0.1, -0.05) is 26.0 Å². The van der Waals surface area contributed by atoms with Crippen LogP contribution in [0, 0.1) is 5.92 Å². The molecule has 0 radical (unpaired) electrons. The minimum atomic E-state index is -3.57. The molecule has 0 saturated carbocycles. The second-order valence-corrected chi connectivity index (χ2v) is 10.2. The molecule has 0 unspecified atom stereocenters. The molecule has 0 aliphatic carbocycles. The van der Waals surface area contributed by atoms with E-state index in [2.05, 4.69) is 10.6 Å². The fourth-order valence-corrected chi connectivity index (χ4v) is 5.38. The lowest BCUT2D eigenvalue weighted by Crippen LogP contribution is -2.47. The van der Waals surface area contributed by atoms with Crippen molar-refractivity contribution in [2.45, 2.75) is 37.6 Å². The summed E-state index contributed by atoms with van der Waals surface area (Å²) in [5, 5.41) is 7.30. The molecule has 1 aliphatic heterocycles. The van der Waals surface area contributed by atoms with Crippen molar-refractivity contribution in [1.82, 2.24) is 9.62 Å². The van der Waals surface area contributed by atoms with Crippen LogP contribution in [0.3, 0.4) is 0 Å². The summed E-state index contributed by atoms with van der Waals surface area (Å²) in [7, 11) is -3.57. The lowest BCUT2D eigenvalue weighted by Gasteiger charge is -2.22. The molecule has 2 N–H and O–H groups in total. The smallest absolute Gasteiger partial charge is 0.262 e. The van der Waals surface area contributed by atoms with Crippen molar-refractivity contribution in [3.8, 4) is 0 Å². The summed E-state index contributed by atoms with van der Waals surface area (Å²) >= 11 is 1.30. The first kappa shape index (κ1) is 21.5. The third-order valence-electron chi connectivity index (χ3n) is 4.79. The van der Waals surface area contributed by atoms with E-state index in [0.29, 0.717) is 23.7 Å². The molecule has 1 atom stereocenters. The van der Waals surface area contributed by atoms with Gasteiger partial charge in [0, 0.05) is 18.8 Å². The van der Waals surface area contributed by atoms with Crippen LogP contribution in [0.1, 0.15) is 36.4 Å². The monoisotopic (exact) mass is 435 g/mol. The number of benzene rings is 1. The summed E-state index contributed by atoms with van der Waals surface area (Å²) in [6.45, 7) is 4.71. The van der Waals surface area contributed by atoms with E-state index in [4.69, 9.17) is 0 Å². The van der Waals surface area contributed by atoms with E-state index < -0.39 is 16.1 Å². The Kier molecular flexibility index (Phi) is 6.71. The van der Waals surface area contributed by atoms with Gasteiger partial charge >= 0.3 is 0 Å². The summed E-state index contributed by atoms with van der Waals surface area (Å²) in [5.41, 5.74) is 0.381. The number of thiophene rings is 1. The summed E-state index contributed by atoms with van der Waals surface area (Å²) in [6.07, 6.45) is 1.71. The quantitative estimate of drug-likeness (QED) is 0.699. The SMILES string of the molecule is CC(C)[C@@H](NC(=O)c1cccs1)C(=O)Nc1cccc(S(=O)(=O)N2CCCC2)c1. The number of nitrogens with zero attached hydrogens (tertiary/aromatic N) is 1. The second kappa shape index (κ2) is 9.06. The number of rotatable bonds is 7. The maximum atomic E-state index is 12.8. The molecule has 2 heterocycles. The van der Waals surface area contributed by atoms with Crippen LogP contribution in [0.15, 0.2) is 46.7 Å². The van der Waals surface area contributed by atoms with E-state index in [0.717, 1.165) is 12.8 Å². The van der Waals surface area contributed by atoms with E-state index >= 15 is 0 Å². The van der Waals surface area contributed by atoms with Gasteiger partial charge in [-0.25, -0.2) is 8.42 Å². The number of amides is 2. The van der Waals surface area contributed by atoms with Crippen LogP contribution >= 0.6 is 11.3 Å². The Bertz CT molecular complexity index is 965. The fraction of sp³-hybridized carbons (Fsp3) is 0.400. The minimum absolute atomic E-state index is 0.143. The summed E-state index contributed by atoms with van der Waals surface area (Å²) in [4.78, 5) is 25.8. The maximum absolute atomic E-state index is 12.8. The molecule has 1 aromatic carbocycles. The highest BCUT2D eigenvalue weighted by atomic mass is 32.2. The summed E-state index contributed by atoms with van der Waals surface area (Å²) < 4.78 is 27.0. The minimum Gasteiger partial charge on any atom is -0.339 e. The Morgan fingerprint density at radius 3 is 2.45 bits per heavy atom. The molecule has 1 saturated heterocycles. The second-order valence-electron chi connectivity index (χ2n) is 7.30.